The molecular formula is C7H10N2O. The van der Waals surface area contributed by atoms with E-state index in [0.717, 1.165) is 0 Å². The first-order chi connectivity index (χ1) is 7.97. The summed E-state index contributed by atoms with van der Waals surface area (Å²) < 4.78 is 61.8. The average Bonchev–Trinajstić information content (AvgIpc) is 2.20. The number of nitrogens with zero attached hydrogens (tertiary/aromatic N) is 1. The van der Waals surface area contributed by atoms with Gasteiger partial charge in [0.1, 0.15) is 0 Å². The summed E-state index contributed by atoms with van der Waals surface area (Å²) in [5.41, 5.74) is 5.33. The van der Waals surface area contributed by atoms with Crippen molar-refractivity contribution in [2.24, 2.45) is 0 Å². The summed E-state index contributed by atoms with van der Waals surface area (Å²) in [6.07, 6.45) is -0.570. The number of nitrogen functional groups attached to an aromatic ring is 1. The lowest BCUT2D eigenvalue weighted by Gasteiger charge is -2.03. The van der Waals surface area contributed by atoms with Crippen LogP contribution in [0.25, 0.3) is 0 Å². The fourth-order valence-electron chi connectivity index (χ4n) is 0.417. The predicted octanol–water partition coefficient (Wildman–Crippen LogP) is 1.06. The van der Waals surface area contributed by atoms with E-state index in [-0.39, 0.29) is 0 Å². The standard InChI is InChI=1S/C7H10N2O/c1-2-10-6-4-3-5-9-7(6)8/h3-5H,2H2,1H3,(H2,8,9)/i1D3,2D2,3D,4D,5D. The van der Waals surface area contributed by atoms with Crippen LogP contribution in [0, 0.1) is 0 Å². The van der Waals surface area contributed by atoms with Gasteiger partial charge in [-0.25, -0.2) is 4.98 Å². The van der Waals surface area contributed by atoms with Gasteiger partial charge in [-0.1, -0.05) is 0 Å². The normalized spacial score (nSPS) is 23.6. The van der Waals surface area contributed by atoms with Gasteiger partial charge in [-0.05, 0) is 18.9 Å². The summed E-state index contributed by atoms with van der Waals surface area (Å²) in [5.74, 6) is -1.16. The highest BCUT2D eigenvalue weighted by Gasteiger charge is 1.95. The number of hydrogen-bond donors (Lipinski definition) is 1. The van der Waals surface area contributed by atoms with E-state index in [9.17, 15) is 0 Å². The highest BCUT2D eigenvalue weighted by molar-refractivity contribution is 5.44. The van der Waals surface area contributed by atoms with E-state index in [1.165, 1.54) is 0 Å². The summed E-state index contributed by atoms with van der Waals surface area (Å²) in [7, 11) is 0. The van der Waals surface area contributed by atoms with E-state index >= 15 is 0 Å². The third-order valence-corrected chi connectivity index (χ3v) is 0.794. The molecule has 1 aromatic rings. The predicted molar refractivity (Wildman–Crippen MR) is 39.8 cm³/mol. The molecule has 0 amide bonds. The quantitative estimate of drug-likeness (QED) is 0.678. The molecule has 3 nitrogen and oxygen atoms in total. The lowest BCUT2D eigenvalue weighted by atomic mass is 10.4. The Kier molecular flexibility index (Phi) is 0.572. The second-order valence-electron chi connectivity index (χ2n) is 1.39. The Hall–Kier alpha value is -1.25. The highest BCUT2D eigenvalue weighted by Crippen LogP contribution is 2.15. The first-order valence-corrected chi connectivity index (χ1v) is 2.39. The molecule has 1 aromatic heterocycles. The first kappa shape index (κ1) is 1.87. The van der Waals surface area contributed by atoms with Crippen LogP contribution in [0.2, 0.25) is 0 Å². The van der Waals surface area contributed by atoms with E-state index in [4.69, 9.17) is 16.7 Å². The van der Waals surface area contributed by atoms with Crippen LogP contribution >= 0.6 is 0 Å². The molecule has 0 saturated heterocycles. The third-order valence-electron chi connectivity index (χ3n) is 0.794. The van der Waals surface area contributed by atoms with Gasteiger partial charge in [-0.15, -0.1) is 0 Å². The fraction of sp³-hybridized carbons (Fsp3) is 0.286. The van der Waals surface area contributed by atoms with Crippen molar-refractivity contribution in [2.45, 2.75) is 6.85 Å². The molecule has 0 bridgehead atoms. The van der Waals surface area contributed by atoms with Crippen molar-refractivity contribution in [2.75, 3.05) is 12.3 Å². The number of aromatic nitrogens is 1. The lowest BCUT2D eigenvalue weighted by molar-refractivity contribution is 0.341. The number of rotatable bonds is 2. The molecule has 0 spiro atoms. The second-order valence-corrected chi connectivity index (χ2v) is 1.39. The minimum atomic E-state index is -3.09. The monoisotopic (exact) mass is 146 g/mol. The first-order valence-electron chi connectivity index (χ1n) is 6.39. The molecule has 0 aliphatic carbocycles. The van der Waals surface area contributed by atoms with Crippen molar-refractivity contribution in [3.63, 3.8) is 0 Å². The molecular weight excluding hydrogens is 128 g/mol. The Balaban J connectivity index is 3.25. The van der Waals surface area contributed by atoms with Crippen LogP contribution < -0.4 is 10.5 Å². The van der Waals surface area contributed by atoms with E-state index in [0.29, 0.717) is 0 Å². The van der Waals surface area contributed by atoms with Crippen LogP contribution in [0.3, 0.4) is 0 Å². The van der Waals surface area contributed by atoms with Gasteiger partial charge in [0.2, 0.25) is 0 Å². The average molecular weight is 146 g/mol. The number of anilines is 1. The zero-order valence-electron chi connectivity index (χ0n) is 12.9. The molecule has 3 heteroatoms. The van der Waals surface area contributed by atoms with Crippen LogP contribution in [0.5, 0.6) is 5.75 Å². The molecule has 0 fully saturated rings. The maximum atomic E-state index is 7.46. The van der Waals surface area contributed by atoms with Gasteiger partial charge in [0.15, 0.2) is 11.6 Å². The van der Waals surface area contributed by atoms with Crippen LogP contribution in [0.15, 0.2) is 18.3 Å². The van der Waals surface area contributed by atoms with E-state index in [1.807, 2.05) is 0 Å². The van der Waals surface area contributed by atoms with E-state index in [1.54, 1.807) is 0 Å². The van der Waals surface area contributed by atoms with Crippen LogP contribution in [-0.4, -0.2) is 11.5 Å². The molecule has 54 valence electrons. The molecule has 1 rings (SSSR count). The Morgan fingerprint density at radius 1 is 2.10 bits per heavy atom. The number of hydrogen-bond acceptors (Lipinski definition) is 3. The van der Waals surface area contributed by atoms with Crippen molar-refractivity contribution in [3.05, 3.63) is 18.3 Å². The molecule has 0 saturated carbocycles. The summed E-state index contributed by atoms with van der Waals surface area (Å²) in [6.45, 7) is -6.16. The Labute approximate surface area is 71.1 Å². The van der Waals surface area contributed by atoms with Gasteiger partial charge in [0.25, 0.3) is 0 Å². The van der Waals surface area contributed by atoms with Gasteiger partial charge in [0, 0.05) is 10.3 Å². The van der Waals surface area contributed by atoms with Crippen LogP contribution in [0.4, 0.5) is 5.82 Å². The van der Waals surface area contributed by atoms with Crippen molar-refractivity contribution >= 4 is 5.82 Å². The second kappa shape index (κ2) is 3.06. The molecule has 0 aromatic carbocycles. The lowest BCUT2D eigenvalue weighted by Crippen LogP contribution is -1.97. The van der Waals surface area contributed by atoms with Crippen molar-refractivity contribution < 1.29 is 15.7 Å². The summed E-state index contributed by atoms with van der Waals surface area (Å²) in [4.78, 5) is 3.36. The third kappa shape index (κ3) is 1.37. The maximum Gasteiger partial charge on any atom is 0.166 e. The molecule has 0 aliphatic heterocycles. The molecule has 2 N–H and O–H groups in total. The van der Waals surface area contributed by atoms with E-state index in [2.05, 4.69) is 9.72 Å². The number of pyridine rings is 1. The highest BCUT2D eigenvalue weighted by atomic mass is 16.5. The smallest absolute Gasteiger partial charge is 0.166 e. The van der Waals surface area contributed by atoms with Crippen molar-refractivity contribution in [1.82, 2.24) is 4.98 Å². The SMILES string of the molecule is [2H]c1nc(N)c(OC([2H])([2H])C([2H])([2H])[2H])c([2H])c1[2H]. The van der Waals surface area contributed by atoms with E-state index < -0.39 is 43.2 Å². The minimum Gasteiger partial charge on any atom is -0.490 e. The molecule has 0 radical (unpaired) electrons. The van der Waals surface area contributed by atoms with Crippen molar-refractivity contribution in [3.8, 4) is 5.75 Å². The number of nitrogens with two attached hydrogens (primary N) is 1. The fourth-order valence-corrected chi connectivity index (χ4v) is 0.417. The Bertz CT molecular complexity index is 471. The zero-order chi connectivity index (χ0) is 14.3. The zero-order valence-corrected chi connectivity index (χ0v) is 4.93. The van der Waals surface area contributed by atoms with Gasteiger partial charge >= 0.3 is 0 Å². The van der Waals surface area contributed by atoms with Gasteiger partial charge in [0.05, 0.1) is 13.4 Å². The molecule has 0 aliphatic rings. The number of ether oxygens (including phenoxy) is 1. The Morgan fingerprint density at radius 3 is 3.80 bits per heavy atom. The van der Waals surface area contributed by atoms with Crippen molar-refractivity contribution in [1.29, 1.82) is 0 Å². The minimum absolute atomic E-state index is 0.505. The molecule has 10 heavy (non-hydrogen) atoms. The van der Waals surface area contributed by atoms with Crippen LogP contribution in [-0.2, 0) is 0 Å². The largest absolute Gasteiger partial charge is 0.490 e. The van der Waals surface area contributed by atoms with Gasteiger partial charge in [-0.3, -0.25) is 0 Å². The molecule has 1 heterocycles. The molecule has 0 unspecified atom stereocenters. The van der Waals surface area contributed by atoms with Crippen LogP contribution in [0.1, 0.15) is 17.8 Å². The maximum absolute atomic E-state index is 7.46. The summed E-state index contributed by atoms with van der Waals surface area (Å²) in [6, 6.07) is -1.30. The summed E-state index contributed by atoms with van der Waals surface area (Å²) >= 11 is 0. The molecule has 0 atom stereocenters. The van der Waals surface area contributed by atoms with Gasteiger partial charge < -0.3 is 10.5 Å². The van der Waals surface area contributed by atoms with Gasteiger partial charge in [-0.2, -0.15) is 0 Å². The summed E-state index contributed by atoms with van der Waals surface area (Å²) in [5, 5.41) is 0. The Morgan fingerprint density at radius 2 is 3.00 bits per heavy atom. The topological polar surface area (TPSA) is 48.1 Å².